The third kappa shape index (κ3) is 3.64. The molecule has 1 nitrogen and oxygen atoms in total. The first-order valence-corrected chi connectivity index (χ1v) is 13.0. The van der Waals surface area contributed by atoms with Gasteiger partial charge in [0.2, 0.25) is 0 Å². The summed E-state index contributed by atoms with van der Waals surface area (Å²) in [4.78, 5) is 0. The summed E-state index contributed by atoms with van der Waals surface area (Å²) in [7, 11) is 0. The summed E-state index contributed by atoms with van der Waals surface area (Å²) < 4.78 is 0. The molecule has 1 N–H and O–H groups in total. The van der Waals surface area contributed by atoms with Gasteiger partial charge in [0.1, 0.15) is 0 Å². The lowest BCUT2D eigenvalue weighted by molar-refractivity contribution is -0.127. The van der Waals surface area contributed by atoms with E-state index in [0.717, 1.165) is 60.2 Å². The summed E-state index contributed by atoms with van der Waals surface area (Å²) in [5, 5.41) is 10.7. The smallest absolute Gasteiger partial charge is 0.0543 e. The van der Waals surface area contributed by atoms with Crippen LogP contribution in [-0.4, -0.2) is 11.2 Å². The zero-order valence-electron chi connectivity index (χ0n) is 17.7. The lowest BCUT2D eigenvalue weighted by Gasteiger charge is -2.60. The number of fused-ring (bicyclic) bond motifs is 2. The maximum absolute atomic E-state index is 10.7. The summed E-state index contributed by atoms with van der Waals surface area (Å²) in [6.07, 6.45) is 24.8. The summed E-state index contributed by atoms with van der Waals surface area (Å²) in [6.45, 7) is 0. The SMILES string of the molecule is OC1CCC2C(C1)C(C1CCCCC1)C1CCCCC1C2C1CCCCC1. The molecular weight excluding hydrogens is 328 g/mol. The van der Waals surface area contributed by atoms with Crippen LogP contribution in [0.15, 0.2) is 0 Å². The zero-order chi connectivity index (χ0) is 18.2. The van der Waals surface area contributed by atoms with E-state index < -0.39 is 0 Å². The van der Waals surface area contributed by atoms with Crippen LogP contribution in [0.25, 0.3) is 0 Å². The Kier molecular flexibility index (Phi) is 5.88. The van der Waals surface area contributed by atoms with Crippen LogP contribution in [-0.2, 0) is 0 Å². The lowest BCUT2D eigenvalue weighted by Crippen LogP contribution is -2.54. The van der Waals surface area contributed by atoms with Gasteiger partial charge in [0.25, 0.3) is 0 Å². The Balaban J connectivity index is 1.47. The van der Waals surface area contributed by atoms with Crippen LogP contribution in [0.5, 0.6) is 0 Å². The molecule has 7 unspecified atom stereocenters. The molecule has 5 saturated carbocycles. The fraction of sp³-hybridized carbons (Fsp3) is 1.00. The predicted molar refractivity (Wildman–Crippen MR) is 112 cm³/mol. The van der Waals surface area contributed by atoms with Crippen molar-refractivity contribution in [2.24, 2.45) is 47.3 Å². The molecule has 0 aromatic rings. The Morgan fingerprint density at radius 3 is 1.41 bits per heavy atom. The Labute approximate surface area is 168 Å². The second kappa shape index (κ2) is 8.37. The number of hydrogen-bond donors (Lipinski definition) is 1. The van der Waals surface area contributed by atoms with Gasteiger partial charge in [-0.25, -0.2) is 0 Å². The lowest BCUT2D eigenvalue weighted by atomic mass is 9.45. The average molecular weight is 373 g/mol. The molecule has 0 radical (unpaired) electrons. The Morgan fingerprint density at radius 2 is 0.852 bits per heavy atom. The summed E-state index contributed by atoms with van der Waals surface area (Å²) in [5.74, 6) is 8.01. The van der Waals surface area contributed by atoms with Crippen LogP contribution in [0, 0.1) is 47.3 Å². The van der Waals surface area contributed by atoms with Crippen LogP contribution in [0.3, 0.4) is 0 Å². The van der Waals surface area contributed by atoms with E-state index in [9.17, 15) is 5.11 Å². The molecule has 5 rings (SSSR count). The third-order valence-electron chi connectivity index (χ3n) is 10.2. The Hall–Kier alpha value is -0.0400. The van der Waals surface area contributed by atoms with Crippen molar-refractivity contribution < 1.29 is 5.11 Å². The summed E-state index contributed by atoms with van der Waals surface area (Å²) >= 11 is 0. The Morgan fingerprint density at radius 1 is 0.407 bits per heavy atom. The van der Waals surface area contributed by atoms with E-state index in [4.69, 9.17) is 0 Å². The van der Waals surface area contributed by atoms with Gasteiger partial charge in [-0.2, -0.15) is 0 Å². The van der Waals surface area contributed by atoms with Gasteiger partial charge >= 0.3 is 0 Å². The molecule has 0 spiro atoms. The van der Waals surface area contributed by atoms with Crippen LogP contribution < -0.4 is 0 Å². The molecule has 5 aliphatic carbocycles. The highest BCUT2D eigenvalue weighted by Crippen LogP contribution is 2.62. The molecule has 154 valence electrons. The van der Waals surface area contributed by atoms with Crippen molar-refractivity contribution in [2.75, 3.05) is 0 Å². The third-order valence-corrected chi connectivity index (χ3v) is 10.2. The first kappa shape index (κ1) is 19.0. The monoisotopic (exact) mass is 372 g/mol. The highest BCUT2D eigenvalue weighted by atomic mass is 16.3. The number of aliphatic hydroxyl groups excluding tert-OH is 1. The highest BCUT2D eigenvalue weighted by Gasteiger charge is 2.55. The van der Waals surface area contributed by atoms with Gasteiger partial charge in [-0.1, -0.05) is 77.0 Å². The standard InChI is InChI=1S/C26H44O/c27-20-15-16-23-24(17-20)26(19-11-5-2-6-12-19)22-14-8-7-13-21(22)25(23)18-9-3-1-4-10-18/h18-27H,1-17H2. The van der Waals surface area contributed by atoms with Crippen molar-refractivity contribution in [1.29, 1.82) is 0 Å². The maximum Gasteiger partial charge on any atom is 0.0543 e. The van der Waals surface area contributed by atoms with E-state index >= 15 is 0 Å². The van der Waals surface area contributed by atoms with Crippen LogP contribution in [0.2, 0.25) is 0 Å². The number of rotatable bonds is 2. The molecule has 7 atom stereocenters. The van der Waals surface area contributed by atoms with Gasteiger partial charge in [-0.05, 0) is 79.4 Å². The Bertz CT molecular complexity index is 475. The van der Waals surface area contributed by atoms with Gasteiger partial charge in [-0.15, -0.1) is 0 Å². The first-order chi connectivity index (χ1) is 13.3. The number of aliphatic hydroxyl groups is 1. The van der Waals surface area contributed by atoms with Crippen LogP contribution >= 0.6 is 0 Å². The molecule has 27 heavy (non-hydrogen) atoms. The predicted octanol–water partition coefficient (Wildman–Crippen LogP) is 6.98. The summed E-state index contributed by atoms with van der Waals surface area (Å²) in [5.41, 5.74) is 0. The maximum atomic E-state index is 10.7. The van der Waals surface area contributed by atoms with Crippen molar-refractivity contribution in [1.82, 2.24) is 0 Å². The van der Waals surface area contributed by atoms with Gasteiger partial charge in [0.05, 0.1) is 6.10 Å². The minimum atomic E-state index is 0.0180. The van der Waals surface area contributed by atoms with E-state index in [1.54, 1.807) is 6.42 Å². The van der Waals surface area contributed by atoms with Crippen LogP contribution in [0.1, 0.15) is 109 Å². The van der Waals surface area contributed by atoms with Crippen molar-refractivity contribution in [2.45, 2.75) is 115 Å². The molecular formula is C26H44O. The minimum absolute atomic E-state index is 0.0180. The fourth-order valence-corrected chi connectivity index (χ4v) is 9.34. The van der Waals surface area contributed by atoms with Crippen molar-refractivity contribution in [3.8, 4) is 0 Å². The molecule has 0 aliphatic heterocycles. The van der Waals surface area contributed by atoms with E-state index in [1.807, 2.05) is 0 Å². The van der Waals surface area contributed by atoms with Crippen molar-refractivity contribution in [3.63, 3.8) is 0 Å². The van der Waals surface area contributed by atoms with Crippen molar-refractivity contribution >= 4 is 0 Å². The molecule has 0 amide bonds. The fourth-order valence-electron chi connectivity index (χ4n) is 9.34. The molecule has 0 saturated heterocycles. The largest absolute Gasteiger partial charge is 0.393 e. The van der Waals surface area contributed by atoms with E-state index in [2.05, 4.69) is 0 Å². The van der Waals surface area contributed by atoms with Crippen molar-refractivity contribution in [3.05, 3.63) is 0 Å². The van der Waals surface area contributed by atoms with Gasteiger partial charge in [0.15, 0.2) is 0 Å². The normalized spacial score (nSPS) is 47.2. The molecule has 1 heteroatoms. The van der Waals surface area contributed by atoms with Gasteiger partial charge < -0.3 is 5.11 Å². The second-order valence-electron chi connectivity index (χ2n) is 11.4. The second-order valence-corrected chi connectivity index (χ2v) is 11.4. The molecule has 0 bridgehead atoms. The quantitative estimate of drug-likeness (QED) is 0.554. The average Bonchev–Trinajstić information content (AvgIpc) is 2.73. The summed E-state index contributed by atoms with van der Waals surface area (Å²) in [6, 6.07) is 0. The topological polar surface area (TPSA) is 20.2 Å². The van der Waals surface area contributed by atoms with Crippen LogP contribution in [0.4, 0.5) is 0 Å². The van der Waals surface area contributed by atoms with Gasteiger partial charge in [0, 0.05) is 0 Å². The zero-order valence-corrected chi connectivity index (χ0v) is 17.7. The number of hydrogen-bond acceptors (Lipinski definition) is 1. The molecule has 0 aromatic carbocycles. The van der Waals surface area contributed by atoms with E-state index in [1.165, 1.54) is 89.9 Å². The van der Waals surface area contributed by atoms with E-state index in [-0.39, 0.29) is 6.10 Å². The first-order valence-electron chi connectivity index (χ1n) is 13.0. The molecule has 0 heterocycles. The minimum Gasteiger partial charge on any atom is -0.393 e. The molecule has 5 fully saturated rings. The van der Waals surface area contributed by atoms with Gasteiger partial charge in [-0.3, -0.25) is 0 Å². The van der Waals surface area contributed by atoms with E-state index in [0.29, 0.717) is 0 Å². The molecule has 0 aromatic heterocycles. The highest BCUT2D eigenvalue weighted by molar-refractivity contribution is 5.04. The molecule has 5 aliphatic rings.